The molecule has 2 aromatic carbocycles. The van der Waals surface area contributed by atoms with Crippen molar-refractivity contribution in [3.8, 4) is 0 Å². The van der Waals surface area contributed by atoms with E-state index in [9.17, 15) is 23.2 Å². The van der Waals surface area contributed by atoms with E-state index in [1.54, 1.807) is 0 Å². The largest absolute Gasteiger partial charge is 0.456 e. The molecule has 24 heavy (non-hydrogen) atoms. The molecule has 0 aliphatic heterocycles. The Morgan fingerprint density at radius 3 is 2.46 bits per heavy atom. The minimum Gasteiger partial charge on any atom is -0.456 e. The Morgan fingerprint density at radius 1 is 1.00 bits per heavy atom. The standard InChI is InChI=1S/C17H13F2NO4/c18-12-5-3-4-11(8-12)15(21)10-24-16(22)9-20-17(23)13-6-1-2-7-14(13)19/h1-8H,9-10H2,(H,20,23). The lowest BCUT2D eigenvalue weighted by atomic mass is 10.1. The van der Waals surface area contributed by atoms with E-state index in [2.05, 4.69) is 5.32 Å². The van der Waals surface area contributed by atoms with Gasteiger partial charge in [0.05, 0.1) is 5.56 Å². The molecule has 0 aliphatic carbocycles. The molecule has 2 rings (SSSR count). The number of benzene rings is 2. The highest BCUT2D eigenvalue weighted by atomic mass is 19.1. The number of hydrogen-bond donors (Lipinski definition) is 1. The van der Waals surface area contributed by atoms with E-state index in [-0.39, 0.29) is 11.1 Å². The van der Waals surface area contributed by atoms with Gasteiger partial charge in [0.15, 0.2) is 12.4 Å². The van der Waals surface area contributed by atoms with E-state index < -0.39 is 42.4 Å². The highest BCUT2D eigenvalue weighted by Crippen LogP contribution is 2.06. The molecule has 5 nitrogen and oxygen atoms in total. The third-order valence-corrected chi connectivity index (χ3v) is 3.02. The van der Waals surface area contributed by atoms with Gasteiger partial charge in [-0.2, -0.15) is 0 Å². The number of carbonyl (C=O) groups is 3. The molecule has 1 amide bonds. The lowest BCUT2D eigenvalue weighted by Gasteiger charge is -2.07. The zero-order valence-electron chi connectivity index (χ0n) is 12.4. The van der Waals surface area contributed by atoms with Crippen LogP contribution in [0, 0.1) is 11.6 Å². The van der Waals surface area contributed by atoms with Crippen LogP contribution in [0.1, 0.15) is 20.7 Å². The second-order valence-electron chi connectivity index (χ2n) is 4.76. The first-order chi connectivity index (χ1) is 11.5. The number of hydrogen-bond acceptors (Lipinski definition) is 4. The molecule has 7 heteroatoms. The van der Waals surface area contributed by atoms with Gasteiger partial charge in [0.2, 0.25) is 0 Å². The summed E-state index contributed by atoms with van der Waals surface area (Å²) in [4.78, 5) is 34.9. The molecule has 0 saturated carbocycles. The third-order valence-electron chi connectivity index (χ3n) is 3.02. The number of esters is 1. The van der Waals surface area contributed by atoms with Gasteiger partial charge in [0.1, 0.15) is 18.2 Å². The Balaban J connectivity index is 1.80. The summed E-state index contributed by atoms with van der Waals surface area (Å²) in [7, 11) is 0. The minimum atomic E-state index is -0.871. The molecule has 2 aromatic rings. The molecule has 0 bridgehead atoms. The van der Waals surface area contributed by atoms with Gasteiger partial charge in [0, 0.05) is 5.56 Å². The van der Waals surface area contributed by atoms with Gasteiger partial charge >= 0.3 is 5.97 Å². The molecule has 0 saturated heterocycles. The van der Waals surface area contributed by atoms with Crippen molar-refractivity contribution >= 4 is 17.7 Å². The van der Waals surface area contributed by atoms with E-state index in [1.807, 2.05) is 0 Å². The van der Waals surface area contributed by atoms with E-state index in [0.29, 0.717) is 0 Å². The fourth-order valence-corrected chi connectivity index (χ4v) is 1.84. The molecule has 0 aromatic heterocycles. The number of rotatable bonds is 6. The van der Waals surface area contributed by atoms with Gasteiger partial charge in [-0.25, -0.2) is 8.78 Å². The van der Waals surface area contributed by atoms with Crippen molar-refractivity contribution in [2.24, 2.45) is 0 Å². The maximum Gasteiger partial charge on any atom is 0.325 e. The average Bonchev–Trinajstić information content (AvgIpc) is 2.58. The maximum absolute atomic E-state index is 13.4. The summed E-state index contributed by atoms with van der Waals surface area (Å²) < 4.78 is 31.1. The molecule has 0 spiro atoms. The van der Waals surface area contributed by atoms with Crippen LogP contribution < -0.4 is 5.32 Å². The van der Waals surface area contributed by atoms with Crippen molar-refractivity contribution in [1.82, 2.24) is 5.32 Å². The highest BCUT2D eigenvalue weighted by Gasteiger charge is 2.14. The number of ketones is 1. The predicted molar refractivity (Wildman–Crippen MR) is 80.4 cm³/mol. The first kappa shape index (κ1) is 17.3. The molecular weight excluding hydrogens is 320 g/mol. The van der Waals surface area contributed by atoms with Crippen molar-refractivity contribution in [2.75, 3.05) is 13.2 Å². The third kappa shape index (κ3) is 4.70. The minimum absolute atomic E-state index is 0.0678. The van der Waals surface area contributed by atoms with Crippen LogP contribution in [-0.2, 0) is 9.53 Å². The molecule has 0 heterocycles. The second-order valence-corrected chi connectivity index (χ2v) is 4.76. The summed E-state index contributed by atoms with van der Waals surface area (Å²) in [5, 5.41) is 2.19. The predicted octanol–water partition coefficient (Wildman–Crippen LogP) is 2.12. The lowest BCUT2D eigenvalue weighted by molar-refractivity contribution is -0.141. The molecular formula is C17H13F2NO4. The van der Waals surface area contributed by atoms with Gasteiger partial charge in [-0.15, -0.1) is 0 Å². The van der Waals surface area contributed by atoms with Crippen molar-refractivity contribution in [3.05, 3.63) is 71.3 Å². The van der Waals surface area contributed by atoms with E-state index >= 15 is 0 Å². The van der Waals surface area contributed by atoms with E-state index in [0.717, 1.165) is 12.1 Å². The first-order valence-electron chi connectivity index (χ1n) is 6.94. The Morgan fingerprint density at radius 2 is 1.75 bits per heavy atom. The van der Waals surface area contributed by atoms with Crippen molar-refractivity contribution in [1.29, 1.82) is 0 Å². The number of amides is 1. The van der Waals surface area contributed by atoms with Gasteiger partial charge in [-0.1, -0.05) is 24.3 Å². The summed E-state index contributed by atoms with van der Waals surface area (Å²) in [6, 6.07) is 10.2. The smallest absolute Gasteiger partial charge is 0.325 e. The topological polar surface area (TPSA) is 72.5 Å². The van der Waals surface area contributed by atoms with Gasteiger partial charge in [0.25, 0.3) is 5.91 Å². The highest BCUT2D eigenvalue weighted by molar-refractivity contribution is 5.98. The van der Waals surface area contributed by atoms with Crippen LogP contribution in [0.15, 0.2) is 48.5 Å². The Bertz CT molecular complexity index is 777. The summed E-state index contributed by atoms with van der Waals surface area (Å²) in [5.41, 5.74) is -0.140. The molecule has 0 atom stereocenters. The van der Waals surface area contributed by atoms with Crippen molar-refractivity contribution in [3.63, 3.8) is 0 Å². The molecule has 124 valence electrons. The SMILES string of the molecule is O=C(CNC(=O)c1ccccc1F)OCC(=O)c1cccc(F)c1. The summed E-state index contributed by atoms with van der Waals surface area (Å²) >= 11 is 0. The summed E-state index contributed by atoms with van der Waals surface area (Å²) in [5.74, 6) is -3.52. The summed E-state index contributed by atoms with van der Waals surface area (Å²) in [6.45, 7) is -1.11. The monoisotopic (exact) mass is 333 g/mol. The van der Waals surface area contributed by atoms with Crippen LogP contribution in [0.2, 0.25) is 0 Å². The number of ether oxygens (including phenoxy) is 1. The van der Waals surface area contributed by atoms with Crippen LogP contribution in [-0.4, -0.2) is 30.8 Å². The second kappa shape index (κ2) is 7.96. The fourth-order valence-electron chi connectivity index (χ4n) is 1.84. The van der Waals surface area contributed by atoms with Crippen LogP contribution in [0.25, 0.3) is 0 Å². The number of Topliss-reactive ketones (excluding diaryl/α,β-unsaturated/α-hetero) is 1. The van der Waals surface area contributed by atoms with Crippen LogP contribution in [0.5, 0.6) is 0 Å². The maximum atomic E-state index is 13.4. The normalized spacial score (nSPS) is 10.1. The first-order valence-corrected chi connectivity index (χ1v) is 6.94. The van der Waals surface area contributed by atoms with Gasteiger partial charge in [-0.05, 0) is 24.3 Å². The van der Waals surface area contributed by atoms with Crippen LogP contribution in [0.4, 0.5) is 8.78 Å². The molecule has 1 N–H and O–H groups in total. The Hall–Kier alpha value is -3.09. The quantitative estimate of drug-likeness (QED) is 0.649. The number of nitrogens with one attached hydrogen (secondary N) is 1. The number of carbonyl (C=O) groups excluding carboxylic acids is 3. The van der Waals surface area contributed by atoms with Gasteiger partial charge < -0.3 is 10.1 Å². The Kier molecular flexibility index (Phi) is 5.73. The summed E-state index contributed by atoms with van der Waals surface area (Å²) in [6.07, 6.45) is 0. The zero-order chi connectivity index (χ0) is 17.5. The van der Waals surface area contributed by atoms with E-state index in [1.165, 1.54) is 36.4 Å². The molecule has 0 radical (unpaired) electrons. The van der Waals surface area contributed by atoms with Crippen LogP contribution in [0.3, 0.4) is 0 Å². The fraction of sp³-hybridized carbons (Fsp3) is 0.118. The van der Waals surface area contributed by atoms with Crippen molar-refractivity contribution in [2.45, 2.75) is 0 Å². The lowest BCUT2D eigenvalue weighted by Crippen LogP contribution is -2.32. The Labute approximate surface area is 136 Å². The number of halogens is 2. The van der Waals surface area contributed by atoms with Gasteiger partial charge in [-0.3, -0.25) is 14.4 Å². The average molecular weight is 333 g/mol. The van der Waals surface area contributed by atoms with Crippen LogP contribution >= 0.6 is 0 Å². The van der Waals surface area contributed by atoms with Crippen molar-refractivity contribution < 1.29 is 27.9 Å². The molecule has 0 unspecified atom stereocenters. The molecule has 0 aliphatic rings. The molecule has 0 fully saturated rings. The zero-order valence-corrected chi connectivity index (χ0v) is 12.4. The van der Waals surface area contributed by atoms with E-state index in [4.69, 9.17) is 4.74 Å².